The quantitative estimate of drug-likeness (QED) is 0.537. The van der Waals surface area contributed by atoms with Gasteiger partial charge in [-0.25, -0.2) is 0 Å². The van der Waals surface area contributed by atoms with Crippen molar-refractivity contribution in [3.05, 3.63) is 53.1 Å². The van der Waals surface area contributed by atoms with E-state index in [1.54, 1.807) is 30.6 Å². The first-order chi connectivity index (χ1) is 10.6. The van der Waals surface area contributed by atoms with E-state index in [4.69, 9.17) is 28.6 Å². The zero-order valence-corrected chi connectivity index (χ0v) is 15.5. The van der Waals surface area contributed by atoms with Crippen LogP contribution in [0.4, 0.5) is 5.69 Å². The molecule has 0 aliphatic rings. The number of hydrogen-bond donors (Lipinski definition) is 1. The fourth-order valence-corrected chi connectivity index (χ4v) is 3.61. The second kappa shape index (κ2) is 8.67. The van der Waals surface area contributed by atoms with Gasteiger partial charge >= 0.3 is 0 Å². The molecule has 0 spiro atoms. The van der Waals surface area contributed by atoms with Crippen LogP contribution in [-0.2, 0) is 5.75 Å². The number of rotatable bonds is 5. The van der Waals surface area contributed by atoms with E-state index in [0.717, 1.165) is 31.4 Å². The zero-order valence-electron chi connectivity index (χ0n) is 12.3. The molecule has 6 heteroatoms. The fourth-order valence-electron chi connectivity index (χ4n) is 1.77. The van der Waals surface area contributed by atoms with E-state index >= 15 is 0 Å². The predicted molar refractivity (Wildman–Crippen MR) is 104 cm³/mol. The third-order valence-corrected chi connectivity index (χ3v) is 5.45. The second-order valence-electron chi connectivity index (χ2n) is 4.40. The largest absolute Gasteiger partial charge is 0.497 e. The summed E-state index contributed by atoms with van der Waals surface area (Å²) in [6.45, 7) is 0. The fraction of sp³-hybridized carbons (Fsp3) is 0.188. The van der Waals surface area contributed by atoms with E-state index in [1.807, 2.05) is 48.7 Å². The molecule has 0 unspecified atom stereocenters. The summed E-state index contributed by atoms with van der Waals surface area (Å²) in [5, 5.41) is 3.94. The van der Waals surface area contributed by atoms with Crippen molar-refractivity contribution in [2.75, 3.05) is 18.7 Å². The van der Waals surface area contributed by atoms with E-state index in [2.05, 4.69) is 5.32 Å². The van der Waals surface area contributed by atoms with Crippen LogP contribution in [0, 0.1) is 0 Å². The highest BCUT2D eigenvalue weighted by atomic mass is 35.5. The Kier molecular flexibility index (Phi) is 6.89. The molecule has 2 aromatic rings. The summed E-state index contributed by atoms with van der Waals surface area (Å²) in [4.78, 5) is 1.06. The molecule has 0 heterocycles. The van der Waals surface area contributed by atoms with E-state index < -0.39 is 0 Å². The van der Waals surface area contributed by atoms with E-state index in [9.17, 15) is 0 Å². The van der Waals surface area contributed by atoms with Crippen molar-refractivity contribution in [2.24, 2.45) is 0 Å². The molecule has 0 bridgehead atoms. The van der Waals surface area contributed by atoms with Crippen molar-refractivity contribution in [3.8, 4) is 5.75 Å². The predicted octanol–water partition coefficient (Wildman–Crippen LogP) is 5.70. The Morgan fingerprint density at radius 1 is 1.23 bits per heavy atom. The number of benzene rings is 2. The molecule has 0 aromatic heterocycles. The number of hydrogen-bond acceptors (Lipinski definition) is 4. The summed E-state index contributed by atoms with van der Waals surface area (Å²) in [5.41, 5.74) is 2.11. The van der Waals surface area contributed by atoms with Crippen LogP contribution in [0.3, 0.4) is 0 Å². The Hall–Kier alpha value is -0.880. The SMILES string of the molecule is COc1ccc(CSC(=S)Nc2ccc(SC)c(Cl)c2)cc1. The van der Waals surface area contributed by atoms with Crippen molar-refractivity contribution in [1.29, 1.82) is 0 Å². The van der Waals surface area contributed by atoms with Crippen LogP contribution >= 0.6 is 47.3 Å². The summed E-state index contributed by atoms with van der Waals surface area (Å²) in [6.07, 6.45) is 2.00. The standard InChI is InChI=1S/C16H16ClNOS3/c1-19-13-6-3-11(4-7-13)10-22-16(20)18-12-5-8-15(21-2)14(17)9-12/h3-9H,10H2,1-2H3,(H,18,20). The van der Waals surface area contributed by atoms with Crippen molar-refractivity contribution in [1.82, 2.24) is 0 Å². The molecule has 0 aliphatic heterocycles. The van der Waals surface area contributed by atoms with Gasteiger partial charge in [-0.15, -0.1) is 11.8 Å². The third-order valence-electron chi connectivity index (χ3n) is 2.93. The number of methoxy groups -OCH3 is 1. The first kappa shape index (κ1) is 17.5. The maximum Gasteiger partial charge on any atom is 0.138 e. The van der Waals surface area contributed by atoms with Crippen molar-refractivity contribution in [2.45, 2.75) is 10.6 Å². The normalized spacial score (nSPS) is 10.3. The molecular weight excluding hydrogens is 354 g/mol. The van der Waals surface area contributed by atoms with Crippen LogP contribution < -0.4 is 10.1 Å². The lowest BCUT2D eigenvalue weighted by Gasteiger charge is -2.09. The van der Waals surface area contributed by atoms with Crippen molar-refractivity contribution < 1.29 is 4.74 Å². The molecule has 0 amide bonds. The molecule has 0 aliphatic carbocycles. The molecule has 0 radical (unpaired) electrons. The molecule has 22 heavy (non-hydrogen) atoms. The highest BCUT2D eigenvalue weighted by molar-refractivity contribution is 8.22. The van der Waals surface area contributed by atoms with Crippen LogP contribution in [0.1, 0.15) is 5.56 Å². The van der Waals surface area contributed by atoms with Gasteiger partial charge in [0, 0.05) is 16.3 Å². The van der Waals surface area contributed by atoms with E-state index in [-0.39, 0.29) is 0 Å². The van der Waals surface area contributed by atoms with Gasteiger partial charge in [-0.2, -0.15) is 0 Å². The Bertz CT molecular complexity index is 646. The summed E-state index contributed by atoms with van der Waals surface area (Å²) in [7, 11) is 1.66. The lowest BCUT2D eigenvalue weighted by molar-refractivity contribution is 0.414. The molecule has 2 nitrogen and oxygen atoms in total. The molecule has 116 valence electrons. The highest BCUT2D eigenvalue weighted by Gasteiger charge is 2.04. The van der Waals surface area contributed by atoms with Gasteiger partial charge in [-0.05, 0) is 42.2 Å². The lowest BCUT2D eigenvalue weighted by atomic mass is 10.2. The molecular formula is C16H16ClNOS3. The first-order valence-electron chi connectivity index (χ1n) is 6.52. The number of anilines is 1. The van der Waals surface area contributed by atoms with Gasteiger partial charge in [0.2, 0.25) is 0 Å². The minimum absolute atomic E-state index is 0.726. The molecule has 2 rings (SSSR count). The number of halogens is 1. The average molecular weight is 370 g/mol. The topological polar surface area (TPSA) is 21.3 Å². The number of thiocarbonyl (C=S) groups is 1. The van der Waals surface area contributed by atoms with Crippen molar-refractivity contribution in [3.63, 3.8) is 0 Å². The summed E-state index contributed by atoms with van der Waals surface area (Å²) < 4.78 is 5.87. The Labute approximate surface area is 150 Å². The van der Waals surface area contributed by atoms with Gasteiger partial charge in [0.05, 0.1) is 12.1 Å². The molecule has 0 saturated carbocycles. The molecule has 1 N–H and O–H groups in total. The lowest BCUT2D eigenvalue weighted by Crippen LogP contribution is -2.04. The third kappa shape index (κ3) is 5.09. The molecule has 0 fully saturated rings. The number of nitrogens with one attached hydrogen (secondary N) is 1. The summed E-state index contributed by atoms with van der Waals surface area (Å²) in [6, 6.07) is 13.9. The number of ether oxygens (including phenoxy) is 1. The highest BCUT2D eigenvalue weighted by Crippen LogP contribution is 2.28. The Balaban J connectivity index is 1.88. The Morgan fingerprint density at radius 3 is 2.55 bits per heavy atom. The summed E-state index contributed by atoms with van der Waals surface area (Å²) >= 11 is 14.8. The number of thioether (sulfide) groups is 2. The van der Waals surface area contributed by atoms with Crippen LogP contribution in [0.5, 0.6) is 5.75 Å². The molecule has 0 atom stereocenters. The maximum atomic E-state index is 6.19. The monoisotopic (exact) mass is 369 g/mol. The van der Waals surface area contributed by atoms with E-state index in [0.29, 0.717) is 0 Å². The van der Waals surface area contributed by atoms with Crippen LogP contribution in [0.2, 0.25) is 5.02 Å². The first-order valence-corrected chi connectivity index (χ1v) is 9.52. The van der Waals surface area contributed by atoms with Crippen LogP contribution in [-0.4, -0.2) is 17.7 Å². The van der Waals surface area contributed by atoms with Gasteiger partial charge in [-0.1, -0.05) is 47.7 Å². The van der Waals surface area contributed by atoms with Gasteiger partial charge < -0.3 is 10.1 Å². The van der Waals surface area contributed by atoms with Gasteiger partial charge in [-0.3, -0.25) is 0 Å². The minimum Gasteiger partial charge on any atom is -0.497 e. The molecule has 0 saturated heterocycles. The average Bonchev–Trinajstić information content (AvgIpc) is 2.53. The summed E-state index contributed by atoms with van der Waals surface area (Å²) in [5.74, 6) is 1.67. The van der Waals surface area contributed by atoms with E-state index in [1.165, 1.54) is 5.56 Å². The van der Waals surface area contributed by atoms with Gasteiger partial charge in [0.1, 0.15) is 10.1 Å². The molecule has 2 aromatic carbocycles. The van der Waals surface area contributed by atoms with Crippen molar-refractivity contribution >= 4 is 57.4 Å². The smallest absolute Gasteiger partial charge is 0.138 e. The van der Waals surface area contributed by atoms with Crippen LogP contribution in [0.25, 0.3) is 0 Å². The maximum absolute atomic E-state index is 6.19. The van der Waals surface area contributed by atoms with Crippen LogP contribution in [0.15, 0.2) is 47.4 Å². The van der Waals surface area contributed by atoms with Gasteiger partial charge in [0.25, 0.3) is 0 Å². The minimum atomic E-state index is 0.726. The Morgan fingerprint density at radius 2 is 1.95 bits per heavy atom. The van der Waals surface area contributed by atoms with Gasteiger partial charge in [0.15, 0.2) is 0 Å². The second-order valence-corrected chi connectivity index (χ2v) is 7.31. The zero-order chi connectivity index (χ0) is 15.9.